The first kappa shape index (κ1) is 12.9. The number of nitrogen functional groups attached to an aromatic ring is 1. The van der Waals surface area contributed by atoms with Crippen molar-refractivity contribution >= 4 is 27.2 Å². The van der Waals surface area contributed by atoms with Crippen LogP contribution >= 0.6 is 11.3 Å². The van der Waals surface area contributed by atoms with Crippen LogP contribution in [0.1, 0.15) is 12.5 Å². The zero-order valence-electron chi connectivity index (χ0n) is 11.5. The molecule has 0 spiro atoms. The van der Waals surface area contributed by atoms with E-state index in [1.54, 1.807) is 11.3 Å². The van der Waals surface area contributed by atoms with Crippen molar-refractivity contribution in [1.29, 1.82) is 0 Å². The maximum Gasteiger partial charge on any atom is 0.124 e. The lowest BCUT2D eigenvalue weighted by atomic mass is 10.1. The van der Waals surface area contributed by atoms with Crippen molar-refractivity contribution in [2.75, 3.05) is 12.3 Å². The number of rotatable bonds is 3. The summed E-state index contributed by atoms with van der Waals surface area (Å²) in [7, 11) is 0. The van der Waals surface area contributed by atoms with Gasteiger partial charge in [0.25, 0.3) is 0 Å². The number of hydrogen-bond donors (Lipinski definition) is 1. The molecule has 0 fully saturated rings. The van der Waals surface area contributed by atoms with Gasteiger partial charge in [-0.1, -0.05) is 0 Å². The number of fused-ring (bicyclic) bond motifs is 1. The van der Waals surface area contributed by atoms with Crippen LogP contribution in [0.2, 0.25) is 0 Å². The van der Waals surface area contributed by atoms with E-state index in [2.05, 4.69) is 11.1 Å². The van der Waals surface area contributed by atoms with Crippen molar-refractivity contribution in [2.24, 2.45) is 0 Å². The second kappa shape index (κ2) is 5.13. The molecule has 102 valence electrons. The highest BCUT2D eigenvalue weighted by atomic mass is 32.1. The zero-order valence-corrected chi connectivity index (χ0v) is 12.3. The summed E-state index contributed by atoms with van der Waals surface area (Å²) in [5.41, 5.74) is 9.87. The number of ether oxygens (including phenoxy) is 1. The van der Waals surface area contributed by atoms with Crippen LogP contribution in [-0.2, 0) is 0 Å². The van der Waals surface area contributed by atoms with Gasteiger partial charge in [-0.25, -0.2) is 4.98 Å². The maximum atomic E-state index is 5.86. The Morgan fingerprint density at radius 3 is 2.80 bits per heavy atom. The third-order valence-electron chi connectivity index (χ3n) is 3.19. The van der Waals surface area contributed by atoms with Crippen molar-refractivity contribution in [3.8, 4) is 16.3 Å². The number of thiazole rings is 1. The van der Waals surface area contributed by atoms with E-state index in [1.165, 1.54) is 0 Å². The summed E-state index contributed by atoms with van der Waals surface area (Å²) in [4.78, 5) is 4.68. The average Bonchev–Trinajstić information content (AvgIpc) is 2.85. The Morgan fingerprint density at radius 1 is 1.20 bits per heavy atom. The van der Waals surface area contributed by atoms with Crippen molar-refractivity contribution < 1.29 is 4.74 Å². The Hall–Kier alpha value is -2.07. The van der Waals surface area contributed by atoms with Gasteiger partial charge in [0.2, 0.25) is 0 Å². The average molecular weight is 284 g/mol. The molecule has 0 saturated heterocycles. The number of nitrogens with two attached hydrogens (primary N) is 1. The summed E-state index contributed by atoms with van der Waals surface area (Å²) in [6, 6.07) is 12.0. The molecule has 0 aliphatic rings. The highest BCUT2D eigenvalue weighted by Crippen LogP contribution is 2.33. The summed E-state index contributed by atoms with van der Waals surface area (Å²) < 4.78 is 6.67. The SMILES string of the molecule is CCOc1ccc2nc(-c3ccc(N)c(C)c3)sc2c1. The number of hydrogen-bond acceptors (Lipinski definition) is 4. The molecular formula is C16H16N2OS. The lowest BCUT2D eigenvalue weighted by Crippen LogP contribution is -1.90. The predicted octanol–water partition coefficient (Wildman–Crippen LogP) is 4.25. The highest BCUT2D eigenvalue weighted by molar-refractivity contribution is 7.21. The van der Waals surface area contributed by atoms with Crippen molar-refractivity contribution in [1.82, 2.24) is 4.98 Å². The lowest BCUT2D eigenvalue weighted by Gasteiger charge is -2.01. The zero-order chi connectivity index (χ0) is 14.1. The number of aryl methyl sites for hydroxylation is 1. The molecule has 20 heavy (non-hydrogen) atoms. The first-order valence-corrected chi connectivity index (χ1v) is 7.39. The Bertz CT molecular complexity index is 764. The minimum atomic E-state index is 0.675. The fourth-order valence-electron chi connectivity index (χ4n) is 2.09. The van der Waals surface area contributed by atoms with Gasteiger partial charge in [-0.3, -0.25) is 0 Å². The van der Waals surface area contributed by atoms with E-state index in [-0.39, 0.29) is 0 Å². The summed E-state index contributed by atoms with van der Waals surface area (Å²) in [5, 5.41) is 1.01. The largest absolute Gasteiger partial charge is 0.494 e. The molecule has 0 amide bonds. The highest BCUT2D eigenvalue weighted by Gasteiger charge is 2.08. The fourth-order valence-corrected chi connectivity index (χ4v) is 3.08. The molecule has 2 aromatic carbocycles. The first-order valence-electron chi connectivity index (χ1n) is 6.57. The number of aromatic nitrogens is 1. The van der Waals surface area contributed by atoms with Crippen LogP contribution in [0.25, 0.3) is 20.8 Å². The van der Waals surface area contributed by atoms with Crippen LogP contribution in [0.15, 0.2) is 36.4 Å². The van der Waals surface area contributed by atoms with Crippen molar-refractivity contribution in [3.05, 3.63) is 42.0 Å². The monoisotopic (exact) mass is 284 g/mol. The van der Waals surface area contributed by atoms with Crippen LogP contribution in [0.3, 0.4) is 0 Å². The Kier molecular flexibility index (Phi) is 3.32. The van der Waals surface area contributed by atoms with Gasteiger partial charge in [-0.05, 0) is 55.8 Å². The van der Waals surface area contributed by atoms with E-state index in [4.69, 9.17) is 10.5 Å². The Balaban J connectivity index is 2.05. The molecule has 3 aromatic rings. The minimum absolute atomic E-state index is 0.675. The molecule has 1 aromatic heterocycles. The van der Waals surface area contributed by atoms with E-state index in [1.807, 2.05) is 44.2 Å². The molecular weight excluding hydrogens is 268 g/mol. The summed E-state index contributed by atoms with van der Waals surface area (Å²) in [5.74, 6) is 0.892. The van der Waals surface area contributed by atoms with Gasteiger partial charge in [-0.15, -0.1) is 11.3 Å². The third kappa shape index (κ3) is 2.34. The molecule has 0 atom stereocenters. The normalized spacial score (nSPS) is 10.9. The maximum absolute atomic E-state index is 5.86. The van der Waals surface area contributed by atoms with Gasteiger partial charge in [0, 0.05) is 11.3 Å². The lowest BCUT2D eigenvalue weighted by molar-refractivity contribution is 0.341. The molecule has 3 nitrogen and oxygen atoms in total. The number of nitrogens with zero attached hydrogens (tertiary/aromatic N) is 1. The van der Waals surface area contributed by atoms with E-state index >= 15 is 0 Å². The van der Waals surface area contributed by atoms with Gasteiger partial charge in [-0.2, -0.15) is 0 Å². The van der Waals surface area contributed by atoms with Gasteiger partial charge < -0.3 is 10.5 Å². The molecule has 1 heterocycles. The van der Waals surface area contributed by atoms with E-state index in [0.29, 0.717) is 6.61 Å². The summed E-state index contributed by atoms with van der Waals surface area (Å²) in [6.07, 6.45) is 0. The second-order valence-electron chi connectivity index (χ2n) is 4.65. The minimum Gasteiger partial charge on any atom is -0.494 e. The molecule has 4 heteroatoms. The van der Waals surface area contributed by atoms with E-state index < -0.39 is 0 Å². The van der Waals surface area contributed by atoms with Crippen LogP contribution in [-0.4, -0.2) is 11.6 Å². The Labute approximate surface area is 122 Å². The van der Waals surface area contributed by atoms with Gasteiger partial charge in [0.15, 0.2) is 0 Å². The molecule has 3 rings (SSSR count). The standard InChI is InChI=1S/C16H16N2OS/c1-3-19-12-5-7-14-15(9-12)20-16(18-14)11-4-6-13(17)10(2)8-11/h4-9H,3,17H2,1-2H3. The molecule has 0 radical (unpaired) electrons. The topological polar surface area (TPSA) is 48.1 Å². The predicted molar refractivity (Wildman–Crippen MR) is 85.4 cm³/mol. The molecule has 0 aliphatic heterocycles. The molecule has 0 bridgehead atoms. The number of anilines is 1. The van der Waals surface area contributed by atoms with Crippen LogP contribution in [0.4, 0.5) is 5.69 Å². The molecule has 0 unspecified atom stereocenters. The second-order valence-corrected chi connectivity index (χ2v) is 5.68. The Morgan fingerprint density at radius 2 is 2.05 bits per heavy atom. The van der Waals surface area contributed by atoms with Gasteiger partial charge in [0.1, 0.15) is 10.8 Å². The smallest absolute Gasteiger partial charge is 0.124 e. The first-order chi connectivity index (χ1) is 9.67. The van der Waals surface area contributed by atoms with Gasteiger partial charge in [0.05, 0.1) is 16.8 Å². The fraction of sp³-hybridized carbons (Fsp3) is 0.188. The number of benzene rings is 2. The quantitative estimate of drug-likeness (QED) is 0.731. The van der Waals surface area contributed by atoms with Crippen molar-refractivity contribution in [3.63, 3.8) is 0 Å². The van der Waals surface area contributed by atoms with Crippen molar-refractivity contribution in [2.45, 2.75) is 13.8 Å². The molecule has 0 aliphatic carbocycles. The van der Waals surface area contributed by atoms with Crippen LogP contribution in [0.5, 0.6) is 5.75 Å². The third-order valence-corrected chi connectivity index (χ3v) is 4.25. The summed E-state index contributed by atoms with van der Waals surface area (Å²) >= 11 is 1.67. The van der Waals surface area contributed by atoms with E-state index in [9.17, 15) is 0 Å². The molecule has 0 saturated carbocycles. The van der Waals surface area contributed by atoms with Crippen LogP contribution in [0, 0.1) is 6.92 Å². The van der Waals surface area contributed by atoms with Crippen LogP contribution < -0.4 is 10.5 Å². The van der Waals surface area contributed by atoms with Gasteiger partial charge >= 0.3 is 0 Å². The molecule has 2 N–H and O–H groups in total. The van der Waals surface area contributed by atoms with E-state index in [0.717, 1.165) is 37.8 Å². The summed E-state index contributed by atoms with van der Waals surface area (Å²) in [6.45, 7) is 4.67.